The van der Waals surface area contributed by atoms with E-state index < -0.39 is 5.91 Å². The molecule has 1 fully saturated rings. The van der Waals surface area contributed by atoms with Crippen molar-refractivity contribution in [1.82, 2.24) is 24.3 Å². The van der Waals surface area contributed by atoms with Crippen LogP contribution in [0, 0.1) is 11.3 Å². The Labute approximate surface area is 217 Å². The summed E-state index contributed by atoms with van der Waals surface area (Å²) >= 11 is 6.52. The third-order valence-corrected chi connectivity index (χ3v) is 6.59. The lowest BCUT2D eigenvalue weighted by atomic mass is 10.0. The molecule has 1 aliphatic heterocycles. The maximum Gasteiger partial charge on any atom is 0.258 e. The number of nitriles is 1. The Morgan fingerprint density at radius 1 is 1.22 bits per heavy atom. The number of hydrogen-bond acceptors (Lipinski definition) is 7. The van der Waals surface area contributed by atoms with Crippen LogP contribution in [0.15, 0.2) is 61.4 Å². The molecular weight excluding hydrogens is 492 g/mol. The van der Waals surface area contributed by atoms with E-state index >= 15 is 0 Å². The number of benzene rings is 1. The van der Waals surface area contributed by atoms with E-state index in [1.807, 2.05) is 12.1 Å². The van der Waals surface area contributed by atoms with Crippen LogP contribution in [0.4, 0.5) is 11.8 Å². The molecular formula is C26H21ClN8O2. The fourth-order valence-corrected chi connectivity index (χ4v) is 4.75. The van der Waals surface area contributed by atoms with E-state index in [-0.39, 0.29) is 34.2 Å². The summed E-state index contributed by atoms with van der Waals surface area (Å²) in [5.74, 6) is 0.472. The molecule has 0 spiro atoms. The van der Waals surface area contributed by atoms with Crippen LogP contribution < -0.4 is 11.1 Å². The van der Waals surface area contributed by atoms with Gasteiger partial charge in [0.05, 0.1) is 33.4 Å². The SMILES string of the molecule is C=CC(=O)N1CCC(c2nc(-c3ccc(C(=O)Nc4cc(C#N)ccn4)c(Cl)c3)n3c(N)nccc23)C1. The third-order valence-electron chi connectivity index (χ3n) is 6.27. The van der Waals surface area contributed by atoms with Gasteiger partial charge in [0.15, 0.2) is 0 Å². The summed E-state index contributed by atoms with van der Waals surface area (Å²) in [4.78, 5) is 39.9. The van der Waals surface area contributed by atoms with Gasteiger partial charge in [-0.1, -0.05) is 24.2 Å². The van der Waals surface area contributed by atoms with Crippen LogP contribution >= 0.6 is 11.6 Å². The van der Waals surface area contributed by atoms with Crippen molar-refractivity contribution < 1.29 is 9.59 Å². The number of hydrogen-bond donors (Lipinski definition) is 2. The number of imidazole rings is 1. The van der Waals surface area contributed by atoms with Crippen LogP contribution in [0.5, 0.6) is 0 Å². The van der Waals surface area contributed by atoms with Crippen molar-refractivity contribution >= 4 is 40.7 Å². The van der Waals surface area contributed by atoms with Gasteiger partial charge in [0.2, 0.25) is 11.9 Å². The predicted octanol–water partition coefficient (Wildman–Crippen LogP) is 3.65. The Morgan fingerprint density at radius 2 is 2.03 bits per heavy atom. The Hall–Kier alpha value is -4.75. The fourth-order valence-electron chi connectivity index (χ4n) is 4.48. The molecule has 1 atom stereocenters. The van der Waals surface area contributed by atoms with Crippen LogP contribution in [0.2, 0.25) is 5.02 Å². The molecule has 0 saturated carbocycles. The molecule has 4 aromatic rings. The number of fused-ring (bicyclic) bond motifs is 1. The molecule has 1 unspecified atom stereocenters. The zero-order valence-electron chi connectivity index (χ0n) is 19.6. The number of rotatable bonds is 5. The molecule has 0 bridgehead atoms. The van der Waals surface area contributed by atoms with Gasteiger partial charge in [0.25, 0.3) is 5.91 Å². The van der Waals surface area contributed by atoms with Crippen LogP contribution in [-0.2, 0) is 4.79 Å². The Morgan fingerprint density at radius 3 is 2.78 bits per heavy atom. The van der Waals surface area contributed by atoms with E-state index in [0.29, 0.717) is 30.0 Å². The molecule has 1 aliphatic rings. The standard InChI is InChI=1S/C26H21ClN8O2/c1-2-22(36)34-10-7-17(14-34)23-20-6-9-31-26(29)35(20)24(33-23)16-3-4-18(19(27)12-16)25(37)32-21-11-15(13-28)5-8-30-21/h2-6,8-9,11-12,17H,1,7,10,14H2,(H2,29,31)(H,30,32,37). The number of halogens is 1. The Kier molecular flexibility index (Phi) is 6.29. The minimum Gasteiger partial charge on any atom is -0.369 e. The molecule has 1 saturated heterocycles. The highest BCUT2D eigenvalue weighted by Gasteiger charge is 2.30. The molecule has 0 radical (unpaired) electrons. The number of anilines is 2. The van der Waals surface area contributed by atoms with Crippen LogP contribution in [0.25, 0.3) is 16.9 Å². The maximum atomic E-state index is 12.8. The summed E-state index contributed by atoms with van der Waals surface area (Å²) in [6, 6.07) is 11.8. The maximum absolute atomic E-state index is 12.8. The number of nitrogens with zero attached hydrogens (tertiary/aromatic N) is 6. The first kappa shape index (κ1) is 24.0. The second kappa shape index (κ2) is 9.72. The highest BCUT2D eigenvalue weighted by Crippen LogP contribution is 2.35. The first-order valence-electron chi connectivity index (χ1n) is 11.4. The van der Waals surface area contributed by atoms with Crippen LogP contribution in [-0.4, -0.2) is 49.2 Å². The number of nitrogens with two attached hydrogens (primary N) is 1. The lowest BCUT2D eigenvalue weighted by molar-refractivity contribution is -0.125. The van der Waals surface area contributed by atoms with Crippen molar-refractivity contribution in [3.8, 4) is 17.5 Å². The molecule has 37 heavy (non-hydrogen) atoms. The number of amides is 2. The van der Waals surface area contributed by atoms with E-state index in [1.54, 1.807) is 39.8 Å². The molecule has 4 heterocycles. The average molecular weight is 513 g/mol. The molecule has 2 amide bonds. The van der Waals surface area contributed by atoms with E-state index in [2.05, 4.69) is 21.9 Å². The van der Waals surface area contributed by atoms with Crippen molar-refractivity contribution in [2.24, 2.45) is 0 Å². The van der Waals surface area contributed by atoms with Gasteiger partial charge in [-0.15, -0.1) is 0 Å². The second-order valence-corrected chi connectivity index (χ2v) is 8.92. The van der Waals surface area contributed by atoms with Crippen molar-refractivity contribution in [3.63, 3.8) is 0 Å². The lowest BCUT2D eigenvalue weighted by Crippen LogP contribution is -2.26. The van der Waals surface area contributed by atoms with Gasteiger partial charge in [-0.25, -0.2) is 15.0 Å². The largest absolute Gasteiger partial charge is 0.369 e. The topological polar surface area (TPSA) is 142 Å². The number of nitrogen functional groups attached to an aromatic ring is 1. The van der Waals surface area contributed by atoms with Crippen molar-refractivity contribution in [1.29, 1.82) is 5.26 Å². The zero-order valence-corrected chi connectivity index (χ0v) is 20.3. The summed E-state index contributed by atoms with van der Waals surface area (Å²) in [5.41, 5.74) is 9.09. The quantitative estimate of drug-likeness (QED) is 0.388. The minimum absolute atomic E-state index is 0.0200. The Balaban J connectivity index is 1.48. The van der Waals surface area contributed by atoms with Crippen LogP contribution in [0.3, 0.4) is 0 Å². The van der Waals surface area contributed by atoms with E-state index in [1.165, 1.54) is 18.3 Å². The first-order valence-corrected chi connectivity index (χ1v) is 11.8. The van der Waals surface area contributed by atoms with E-state index in [4.69, 9.17) is 27.6 Å². The summed E-state index contributed by atoms with van der Waals surface area (Å²) in [6.45, 7) is 4.72. The molecule has 5 rings (SSSR count). The smallest absolute Gasteiger partial charge is 0.258 e. The Bertz CT molecular complexity index is 1610. The molecule has 11 heteroatoms. The van der Waals surface area contributed by atoms with E-state index in [9.17, 15) is 9.59 Å². The molecule has 184 valence electrons. The van der Waals surface area contributed by atoms with Gasteiger partial charge in [-0.2, -0.15) is 5.26 Å². The van der Waals surface area contributed by atoms with Crippen molar-refractivity contribution in [3.05, 3.63) is 83.3 Å². The molecule has 10 nitrogen and oxygen atoms in total. The number of likely N-dealkylation sites (tertiary alicyclic amines) is 1. The van der Waals surface area contributed by atoms with Crippen LogP contribution in [0.1, 0.15) is 34.0 Å². The van der Waals surface area contributed by atoms with Crippen molar-refractivity contribution in [2.75, 3.05) is 24.1 Å². The summed E-state index contributed by atoms with van der Waals surface area (Å²) in [6.07, 6.45) is 5.14. The normalized spacial score (nSPS) is 14.9. The lowest BCUT2D eigenvalue weighted by Gasteiger charge is -2.13. The molecule has 3 N–H and O–H groups in total. The molecule has 3 aromatic heterocycles. The fraction of sp³-hybridized carbons (Fsp3) is 0.154. The third kappa shape index (κ3) is 4.48. The zero-order chi connectivity index (χ0) is 26.1. The highest BCUT2D eigenvalue weighted by atomic mass is 35.5. The van der Waals surface area contributed by atoms with Gasteiger partial charge >= 0.3 is 0 Å². The average Bonchev–Trinajstić information content (AvgIpc) is 3.54. The second-order valence-electron chi connectivity index (χ2n) is 8.51. The number of carbonyl (C=O) groups excluding carboxylic acids is 2. The number of nitrogens with one attached hydrogen (secondary N) is 1. The summed E-state index contributed by atoms with van der Waals surface area (Å²) < 4.78 is 1.75. The van der Waals surface area contributed by atoms with Gasteiger partial charge in [0, 0.05) is 37.0 Å². The predicted molar refractivity (Wildman–Crippen MR) is 139 cm³/mol. The monoisotopic (exact) mass is 512 g/mol. The van der Waals surface area contributed by atoms with Gasteiger partial charge in [-0.05, 0) is 42.8 Å². The summed E-state index contributed by atoms with van der Waals surface area (Å²) in [7, 11) is 0. The minimum atomic E-state index is -0.466. The van der Waals surface area contributed by atoms with Gasteiger partial charge < -0.3 is 16.0 Å². The molecule has 0 aliphatic carbocycles. The highest BCUT2D eigenvalue weighted by molar-refractivity contribution is 6.34. The first-order chi connectivity index (χ1) is 17.9. The van der Waals surface area contributed by atoms with Gasteiger partial charge in [-0.3, -0.25) is 14.0 Å². The van der Waals surface area contributed by atoms with E-state index in [0.717, 1.165) is 17.6 Å². The number of pyridine rings is 1. The summed E-state index contributed by atoms with van der Waals surface area (Å²) in [5, 5.41) is 11.9. The number of carbonyl (C=O) groups is 2. The molecule has 1 aromatic carbocycles. The number of aromatic nitrogens is 4. The van der Waals surface area contributed by atoms with Gasteiger partial charge in [0.1, 0.15) is 11.6 Å². The van der Waals surface area contributed by atoms with Crippen molar-refractivity contribution in [2.45, 2.75) is 12.3 Å².